The lowest BCUT2D eigenvalue weighted by molar-refractivity contribution is -0.496. The minimum Gasteiger partial charge on any atom is -0.264 e. The first-order valence-electron chi connectivity index (χ1n) is 4.30. The molecule has 1 aromatic rings. The van der Waals surface area contributed by atoms with E-state index < -0.39 is 29.1 Å². The third-order valence-electron chi connectivity index (χ3n) is 1.98. The Morgan fingerprint density at radius 1 is 1.06 bits per heavy atom. The lowest BCUT2D eigenvalue weighted by atomic mass is 10.1. The molecule has 3 nitrogen and oxygen atoms in total. The Bertz CT molecular complexity index is 412. The Balaban J connectivity index is 2.99. The van der Waals surface area contributed by atoms with Crippen molar-refractivity contribution in [1.29, 1.82) is 0 Å². The van der Waals surface area contributed by atoms with Gasteiger partial charge in [0.25, 0.3) is 0 Å². The fourth-order valence-corrected chi connectivity index (χ4v) is 1.13. The number of benzene rings is 1. The van der Waals surface area contributed by atoms with Crippen molar-refractivity contribution in [3.8, 4) is 0 Å². The van der Waals surface area contributed by atoms with Crippen molar-refractivity contribution in [2.75, 3.05) is 0 Å². The third-order valence-corrected chi connectivity index (χ3v) is 1.98. The number of rotatable bonds is 3. The largest absolute Gasteiger partial charge is 0.458 e. The van der Waals surface area contributed by atoms with Crippen LogP contribution in [0.15, 0.2) is 24.3 Å². The summed E-state index contributed by atoms with van der Waals surface area (Å²) < 4.78 is 61.5. The Hall–Kier alpha value is -1.73. The molecular formula is C9H6F5NO2. The summed E-state index contributed by atoms with van der Waals surface area (Å²) in [5.41, 5.74) is -1.19. The zero-order valence-corrected chi connectivity index (χ0v) is 8.17. The van der Waals surface area contributed by atoms with E-state index >= 15 is 0 Å². The predicted molar refractivity (Wildman–Crippen MR) is 47.1 cm³/mol. The van der Waals surface area contributed by atoms with E-state index in [1.54, 1.807) is 0 Å². The van der Waals surface area contributed by atoms with E-state index in [0.717, 1.165) is 12.1 Å². The van der Waals surface area contributed by atoms with Gasteiger partial charge in [-0.3, -0.25) is 10.1 Å². The molecule has 0 unspecified atom stereocenters. The SMILES string of the molecule is O=[N+]([O-])Cc1ccc(C(F)(F)C(F)(F)F)cc1. The van der Waals surface area contributed by atoms with Crippen LogP contribution in [0, 0.1) is 10.1 Å². The molecule has 0 amide bonds. The summed E-state index contributed by atoms with van der Waals surface area (Å²) in [6, 6.07) is 2.81. The van der Waals surface area contributed by atoms with Crippen molar-refractivity contribution in [2.45, 2.75) is 18.6 Å². The van der Waals surface area contributed by atoms with Crippen molar-refractivity contribution in [1.82, 2.24) is 0 Å². The summed E-state index contributed by atoms with van der Waals surface area (Å²) in [5, 5.41) is 10.1. The molecule has 1 rings (SSSR count). The van der Waals surface area contributed by atoms with Gasteiger partial charge in [0.2, 0.25) is 6.54 Å². The molecule has 0 atom stereocenters. The van der Waals surface area contributed by atoms with Crippen LogP contribution in [-0.4, -0.2) is 11.1 Å². The first kappa shape index (κ1) is 13.3. The van der Waals surface area contributed by atoms with E-state index in [9.17, 15) is 32.1 Å². The zero-order chi connectivity index (χ0) is 13.3. The maximum atomic E-state index is 12.8. The molecule has 0 bridgehead atoms. The van der Waals surface area contributed by atoms with Gasteiger partial charge in [-0.2, -0.15) is 22.0 Å². The fraction of sp³-hybridized carbons (Fsp3) is 0.333. The molecular weight excluding hydrogens is 249 g/mol. The van der Waals surface area contributed by atoms with E-state index in [0.29, 0.717) is 12.1 Å². The summed E-state index contributed by atoms with van der Waals surface area (Å²) in [4.78, 5) is 9.38. The number of nitro groups is 1. The number of hydrogen-bond acceptors (Lipinski definition) is 2. The van der Waals surface area contributed by atoms with Crippen LogP contribution in [0.4, 0.5) is 22.0 Å². The van der Waals surface area contributed by atoms with Crippen molar-refractivity contribution >= 4 is 0 Å². The number of hydrogen-bond donors (Lipinski definition) is 0. The summed E-state index contributed by atoms with van der Waals surface area (Å²) >= 11 is 0. The normalized spacial score (nSPS) is 12.5. The first-order chi connectivity index (χ1) is 7.64. The Morgan fingerprint density at radius 3 is 1.88 bits per heavy atom. The highest BCUT2D eigenvalue weighted by Gasteiger charge is 2.58. The highest BCUT2D eigenvalue weighted by atomic mass is 19.4. The monoisotopic (exact) mass is 255 g/mol. The zero-order valence-electron chi connectivity index (χ0n) is 8.17. The summed E-state index contributed by atoms with van der Waals surface area (Å²) in [6.45, 7) is -0.627. The molecule has 0 aliphatic heterocycles. The van der Waals surface area contributed by atoms with Crippen LogP contribution in [-0.2, 0) is 12.5 Å². The third kappa shape index (κ3) is 2.89. The summed E-state index contributed by atoms with van der Waals surface area (Å²) in [7, 11) is 0. The molecule has 0 saturated heterocycles. The topological polar surface area (TPSA) is 43.1 Å². The summed E-state index contributed by atoms with van der Waals surface area (Å²) in [6.07, 6.45) is -5.68. The highest BCUT2D eigenvalue weighted by molar-refractivity contribution is 5.26. The molecule has 94 valence electrons. The minimum atomic E-state index is -5.68. The van der Waals surface area contributed by atoms with Gasteiger partial charge in [0.05, 0.1) is 0 Å². The van der Waals surface area contributed by atoms with Crippen molar-refractivity contribution < 1.29 is 26.9 Å². The number of alkyl halides is 5. The van der Waals surface area contributed by atoms with E-state index in [4.69, 9.17) is 0 Å². The Labute approximate surface area is 92.0 Å². The smallest absolute Gasteiger partial charge is 0.264 e. The molecule has 0 aliphatic rings. The lowest BCUT2D eigenvalue weighted by Gasteiger charge is -2.19. The molecule has 17 heavy (non-hydrogen) atoms. The van der Waals surface area contributed by atoms with Crippen molar-refractivity contribution in [3.05, 3.63) is 45.5 Å². The van der Waals surface area contributed by atoms with Gasteiger partial charge < -0.3 is 0 Å². The van der Waals surface area contributed by atoms with E-state index in [1.807, 2.05) is 0 Å². The van der Waals surface area contributed by atoms with Gasteiger partial charge in [-0.15, -0.1) is 0 Å². The van der Waals surface area contributed by atoms with Crippen LogP contribution in [0.2, 0.25) is 0 Å². The second-order valence-corrected chi connectivity index (χ2v) is 3.26. The van der Waals surface area contributed by atoms with Gasteiger partial charge in [0.15, 0.2) is 0 Å². The van der Waals surface area contributed by atoms with Gasteiger partial charge in [-0.05, 0) is 0 Å². The van der Waals surface area contributed by atoms with Crippen LogP contribution >= 0.6 is 0 Å². The molecule has 0 radical (unpaired) electrons. The second kappa shape index (κ2) is 4.27. The van der Waals surface area contributed by atoms with Crippen LogP contribution in [0.5, 0.6) is 0 Å². The molecule has 0 saturated carbocycles. The Kier molecular flexibility index (Phi) is 3.35. The maximum absolute atomic E-state index is 12.8. The minimum absolute atomic E-state index is 0.0525. The van der Waals surface area contributed by atoms with E-state index in [1.165, 1.54) is 0 Å². The standard InChI is InChI=1S/C9H6F5NO2/c10-8(11,9(12,13)14)7-3-1-6(2-4-7)5-15(16)17/h1-4H,5H2. The lowest BCUT2D eigenvalue weighted by Crippen LogP contribution is -2.33. The molecule has 0 aromatic heterocycles. The average molecular weight is 255 g/mol. The second-order valence-electron chi connectivity index (χ2n) is 3.26. The quantitative estimate of drug-likeness (QED) is 0.473. The average Bonchev–Trinajstić information content (AvgIpc) is 2.15. The number of halogens is 5. The number of nitrogens with zero attached hydrogens (tertiary/aromatic N) is 1. The van der Waals surface area contributed by atoms with Gasteiger partial charge >= 0.3 is 12.1 Å². The van der Waals surface area contributed by atoms with Crippen LogP contribution < -0.4 is 0 Å². The molecule has 0 aliphatic carbocycles. The van der Waals surface area contributed by atoms with E-state index in [2.05, 4.69) is 0 Å². The van der Waals surface area contributed by atoms with Gasteiger partial charge in [0, 0.05) is 16.1 Å². The fourth-order valence-electron chi connectivity index (χ4n) is 1.13. The van der Waals surface area contributed by atoms with Crippen LogP contribution in [0.25, 0.3) is 0 Å². The van der Waals surface area contributed by atoms with Gasteiger partial charge in [-0.25, -0.2) is 0 Å². The summed E-state index contributed by atoms with van der Waals surface area (Å²) in [5.74, 6) is -4.96. The molecule has 0 N–H and O–H groups in total. The predicted octanol–water partition coefficient (Wildman–Crippen LogP) is 3.12. The Morgan fingerprint density at radius 2 is 1.53 bits per heavy atom. The highest BCUT2D eigenvalue weighted by Crippen LogP contribution is 2.43. The first-order valence-corrected chi connectivity index (χ1v) is 4.30. The van der Waals surface area contributed by atoms with Crippen molar-refractivity contribution in [3.63, 3.8) is 0 Å². The van der Waals surface area contributed by atoms with Gasteiger partial charge in [0.1, 0.15) is 0 Å². The van der Waals surface area contributed by atoms with E-state index in [-0.39, 0.29) is 5.56 Å². The van der Waals surface area contributed by atoms with Crippen LogP contribution in [0.3, 0.4) is 0 Å². The van der Waals surface area contributed by atoms with Gasteiger partial charge in [-0.1, -0.05) is 24.3 Å². The van der Waals surface area contributed by atoms with Crippen molar-refractivity contribution in [2.24, 2.45) is 0 Å². The molecule has 0 heterocycles. The molecule has 0 fully saturated rings. The molecule has 8 heteroatoms. The molecule has 0 spiro atoms. The maximum Gasteiger partial charge on any atom is 0.458 e. The van der Waals surface area contributed by atoms with Crippen LogP contribution in [0.1, 0.15) is 11.1 Å². The molecule has 1 aromatic carbocycles.